The van der Waals surface area contributed by atoms with Crippen LogP contribution in [0.5, 0.6) is 0 Å². The fraction of sp³-hybridized carbons (Fsp3) is 0.214. The van der Waals surface area contributed by atoms with Gasteiger partial charge in [-0.15, -0.1) is 0 Å². The predicted molar refractivity (Wildman–Crippen MR) is 75.8 cm³/mol. The number of hydrogen-bond donors (Lipinski definition) is 0. The number of halogens is 2. The van der Waals surface area contributed by atoms with Crippen molar-refractivity contribution in [2.24, 2.45) is 0 Å². The summed E-state index contributed by atoms with van der Waals surface area (Å²) >= 11 is 9.83. The molecule has 1 aromatic heterocycles. The van der Waals surface area contributed by atoms with E-state index in [1.807, 2.05) is 43.5 Å². The van der Waals surface area contributed by atoms with Crippen molar-refractivity contribution in [3.63, 3.8) is 0 Å². The van der Waals surface area contributed by atoms with E-state index in [9.17, 15) is 0 Å². The lowest BCUT2D eigenvalue weighted by Gasteiger charge is -2.13. The van der Waals surface area contributed by atoms with Crippen molar-refractivity contribution in [3.05, 3.63) is 64.4 Å². The minimum Gasteiger partial charge on any atom is -0.261 e. The fourth-order valence-corrected chi connectivity index (χ4v) is 2.79. The monoisotopic (exact) mass is 309 g/mol. The lowest BCUT2D eigenvalue weighted by Crippen LogP contribution is -1.99. The van der Waals surface area contributed by atoms with Crippen LogP contribution in [0.25, 0.3) is 0 Å². The van der Waals surface area contributed by atoms with E-state index in [2.05, 4.69) is 27.0 Å². The Bertz CT molecular complexity index is 499. The molecular formula is C14H13BrClN. The summed E-state index contributed by atoms with van der Waals surface area (Å²) in [5.41, 5.74) is 3.43. The van der Waals surface area contributed by atoms with Gasteiger partial charge >= 0.3 is 0 Å². The summed E-state index contributed by atoms with van der Waals surface area (Å²) in [5.74, 6) is 0. The smallest absolute Gasteiger partial charge is 0.0453 e. The number of hydrogen-bond acceptors (Lipinski definition) is 1. The molecule has 0 aliphatic rings. The van der Waals surface area contributed by atoms with Gasteiger partial charge in [0.25, 0.3) is 0 Å². The third-order valence-corrected chi connectivity index (χ3v) is 3.99. The number of benzene rings is 1. The molecule has 0 amide bonds. The van der Waals surface area contributed by atoms with E-state index in [4.69, 9.17) is 11.6 Å². The zero-order chi connectivity index (χ0) is 12.3. The average Bonchev–Trinajstić information content (AvgIpc) is 2.34. The van der Waals surface area contributed by atoms with Crippen molar-refractivity contribution in [1.82, 2.24) is 4.98 Å². The van der Waals surface area contributed by atoms with Crippen molar-refractivity contribution >= 4 is 27.5 Å². The quantitative estimate of drug-likeness (QED) is 0.747. The molecule has 0 fully saturated rings. The van der Waals surface area contributed by atoms with E-state index in [-0.39, 0.29) is 4.83 Å². The first kappa shape index (κ1) is 12.6. The Balaban J connectivity index is 2.20. The Morgan fingerprint density at radius 2 is 2.06 bits per heavy atom. The van der Waals surface area contributed by atoms with Gasteiger partial charge in [-0.2, -0.15) is 0 Å². The van der Waals surface area contributed by atoms with Crippen LogP contribution >= 0.6 is 27.5 Å². The maximum atomic E-state index is 6.12. The van der Waals surface area contributed by atoms with Crippen molar-refractivity contribution < 1.29 is 0 Å². The van der Waals surface area contributed by atoms with E-state index < -0.39 is 0 Å². The van der Waals surface area contributed by atoms with Gasteiger partial charge < -0.3 is 0 Å². The van der Waals surface area contributed by atoms with Crippen LogP contribution in [0, 0.1) is 6.92 Å². The first-order chi connectivity index (χ1) is 8.18. The Kier molecular flexibility index (Phi) is 4.19. The predicted octanol–water partition coefficient (Wildman–Crippen LogP) is 4.72. The van der Waals surface area contributed by atoms with Gasteiger partial charge in [0.15, 0.2) is 0 Å². The number of rotatable bonds is 3. The fourth-order valence-electron chi connectivity index (χ4n) is 1.78. The summed E-state index contributed by atoms with van der Waals surface area (Å²) in [7, 11) is 0. The van der Waals surface area contributed by atoms with Crippen LogP contribution in [-0.2, 0) is 6.42 Å². The van der Waals surface area contributed by atoms with E-state index in [1.165, 1.54) is 5.56 Å². The third kappa shape index (κ3) is 3.08. The molecule has 0 bridgehead atoms. The van der Waals surface area contributed by atoms with Gasteiger partial charge in [0, 0.05) is 28.2 Å². The van der Waals surface area contributed by atoms with Crippen LogP contribution in [0.2, 0.25) is 5.02 Å². The summed E-state index contributed by atoms with van der Waals surface area (Å²) in [6, 6.07) is 12.0. The largest absolute Gasteiger partial charge is 0.261 e. The van der Waals surface area contributed by atoms with Gasteiger partial charge in [-0.05, 0) is 36.2 Å². The zero-order valence-electron chi connectivity index (χ0n) is 9.53. The SMILES string of the molecule is Cc1c(Cl)cccc1C(Br)Cc1ccccn1. The maximum absolute atomic E-state index is 6.12. The van der Waals surface area contributed by atoms with E-state index in [0.29, 0.717) is 0 Å². The van der Waals surface area contributed by atoms with Gasteiger partial charge in [0.1, 0.15) is 0 Å². The molecule has 1 atom stereocenters. The van der Waals surface area contributed by atoms with Crippen LogP contribution in [0.15, 0.2) is 42.6 Å². The Hall–Kier alpha value is -0.860. The van der Waals surface area contributed by atoms with Gasteiger partial charge in [-0.3, -0.25) is 4.98 Å². The van der Waals surface area contributed by atoms with Crippen LogP contribution in [0.4, 0.5) is 0 Å². The van der Waals surface area contributed by atoms with Gasteiger partial charge in [0.05, 0.1) is 0 Å². The second-order valence-electron chi connectivity index (χ2n) is 3.95. The first-order valence-corrected chi connectivity index (χ1v) is 6.77. The summed E-state index contributed by atoms with van der Waals surface area (Å²) in [4.78, 5) is 4.58. The second-order valence-corrected chi connectivity index (χ2v) is 5.46. The molecule has 0 spiro atoms. The molecule has 1 aromatic carbocycles. The molecule has 0 aliphatic carbocycles. The van der Waals surface area contributed by atoms with Crippen molar-refractivity contribution in [1.29, 1.82) is 0 Å². The highest BCUT2D eigenvalue weighted by molar-refractivity contribution is 9.09. The molecule has 88 valence electrons. The van der Waals surface area contributed by atoms with E-state index >= 15 is 0 Å². The Morgan fingerprint density at radius 3 is 2.76 bits per heavy atom. The zero-order valence-corrected chi connectivity index (χ0v) is 11.9. The average molecular weight is 311 g/mol. The lowest BCUT2D eigenvalue weighted by atomic mass is 10.0. The van der Waals surface area contributed by atoms with Crippen molar-refractivity contribution in [2.45, 2.75) is 18.2 Å². The maximum Gasteiger partial charge on any atom is 0.0453 e. The molecule has 0 N–H and O–H groups in total. The first-order valence-electron chi connectivity index (χ1n) is 5.47. The van der Waals surface area contributed by atoms with Crippen LogP contribution < -0.4 is 0 Å². The number of nitrogens with zero attached hydrogens (tertiary/aromatic N) is 1. The highest BCUT2D eigenvalue weighted by atomic mass is 79.9. The lowest BCUT2D eigenvalue weighted by molar-refractivity contribution is 0.897. The molecule has 3 heteroatoms. The van der Waals surface area contributed by atoms with E-state index in [0.717, 1.165) is 22.7 Å². The van der Waals surface area contributed by atoms with Crippen molar-refractivity contribution in [3.8, 4) is 0 Å². The van der Waals surface area contributed by atoms with Crippen molar-refractivity contribution in [2.75, 3.05) is 0 Å². The Labute approximate surface area is 115 Å². The molecule has 0 radical (unpaired) electrons. The van der Waals surface area contributed by atoms with Crippen LogP contribution in [0.1, 0.15) is 21.6 Å². The van der Waals surface area contributed by atoms with Gasteiger partial charge in [-0.1, -0.05) is 45.7 Å². The summed E-state index contributed by atoms with van der Waals surface area (Å²) in [6.45, 7) is 2.05. The number of aromatic nitrogens is 1. The van der Waals surface area contributed by atoms with Crippen LogP contribution in [-0.4, -0.2) is 4.98 Å². The number of alkyl halides is 1. The molecule has 0 saturated carbocycles. The Morgan fingerprint density at radius 1 is 1.24 bits per heavy atom. The number of pyridine rings is 1. The molecule has 17 heavy (non-hydrogen) atoms. The van der Waals surface area contributed by atoms with Gasteiger partial charge in [0.2, 0.25) is 0 Å². The summed E-state index contributed by atoms with van der Waals surface area (Å²) in [6.07, 6.45) is 2.68. The van der Waals surface area contributed by atoms with Gasteiger partial charge in [-0.25, -0.2) is 0 Å². The van der Waals surface area contributed by atoms with Crippen LogP contribution in [0.3, 0.4) is 0 Å². The third-order valence-electron chi connectivity index (χ3n) is 2.76. The summed E-state index contributed by atoms with van der Waals surface area (Å²) in [5, 5.41) is 0.813. The minimum absolute atomic E-state index is 0.246. The molecule has 1 heterocycles. The molecule has 1 unspecified atom stereocenters. The molecular weight excluding hydrogens is 298 g/mol. The standard InChI is InChI=1S/C14H13BrClN/c1-10-12(6-4-7-14(10)16)13(15)9-11-5-2-3-8-17-11/h2-8,13H,9H2,1H3. The topological polar surface area (TPSA) is 12.9 Å². The highest BCUT2D eigenvalue weighted by Crippen LogP contribution is 2.31. The van der Waals surface area contributed by atoms with E-state index in [1.54, 1.807) is 0 Å². The summed E-state index contributed by atoms with van der Waals surface area (Å²) < 4.78 is 0. The minimum atomic E-state index is 0.246. The molecule has 0 aliphatic heterocycles. The molecule has 2 rings (SSSR count). The molecule has 0 saturated heterocycles. The highest BCUT2D eigenvalue weighted by Gasteiger charge is 2.12. The second kappa shape index (κ2) is 5.65. The molecule has 1 nitrogen and oxygen atoms in total. The normalized spacial score (nSPS) is 12.4. The molecule has 2 aromatic rings.